The maximum atomic E-state index is 12.7. The summed E-state index contributed by atoms with van der Waals surface area (Å²) in [6.07, 6.45) is -4.40. The van der Waals surface area contributed by atoms with Crippen LogP contribution in [0.2, 0.25) is 0 Å². The van der Waals surface area contributed by atoms with Crippen LogP contribution in [0.4, 0.5) is 13.2 Å². The standard InChI is InChI=1S/C18H18F3NO2/c1-17(2,22)11-24-16(23)15-6-4-3-5-14(15)12-7-9-13(10-8-12)18(19,20)21/h3-10H,11,22H2,1-2H3/i16+2. The quantitative estimate of drug-likeness (QED) is 0.847. The Morgan fingerprint density at radius 2 is 1.62 bits per heavy atom. The molecule has 0 fully saturated rings. The molecule has 3 nitrogen and oxygen atoms in total. The molecule has 0 atom stereocenters. The van der Waals surface area contributed by atoms with Crippen LogP contribution in [0.25, 0.3) is 11.1 Å². The fourth-order valence-electron chi connectivity index (χ4n) is 2.08. The van der Waals surface area contributed by atoms with Gasteiger partial charge in [0.2, 0.25) is 0 Å². The van der Waals surface area contributed by atoms with Crippen molar-refractivity contribution in [2.75, 3.05) is 6.61 Å². The van der Waals surface area contributed by atoms with Crippen molar-refractivity contribution in [1.29, 1.82) is 0 Å². The molecule has 0 bridgehead atoms. The van der Waals surface area contributed by atoms with E-state index in [1.165, 1.54) is 12.1 Å². The number of alkyl halides is 3. The number of esters is 1. The van der Waals surface area contributed by atoms with Crippen molar-refractivity contribution in [3.05, 3.63) is 59.7 Å². The van der Waals surface area contributed by atoms with Crippen molar-refractivity contribution >= 4 is 5.97 Å². The lowest BCUT2D eigenvalue weighted by atomic mass is 10.0. The Hall–Kier alpha value is -2.34. The van der Waals surface area contributed by atoms with E-state index in [2.05, 4.69) is 0 Å². The average molecular weight is 339 g/mol. The molecule has 128 valence electrons. The largest absolute Gasteiger partial charge is 0.460 e. The first-order valence-corrected chi connectivity index (χ1v) is 7.30. The summed E-state index contributed by atoms with van der Waals surface area (Å²) in [7, 11) is 0. The van der Waals surface area contributed by atoms with E-state index in [0.29, 0.717) is 11.1 Å². The third-order valence-electron chi connectivity index (χ3n) is 3.25. The van der Waals surface area contributed by atoms with Gasteiger partial charge in [0.25, 0.3) is 0 Å². The third kappa shape index (κ3) is 4.58. The summed E-state index contributed by atoms with van der Waals surface area (Å²) in [4.78, 5) is 12.3. The van der Waals surface area contributed by atoms with Crippen LogP contribution in [0.5, 0.6) is 0 Å². The lowest BCUT2D eigenvalue weighted by Crippen LogP contribution is -2.38. The molecule has 0 heterocycles. The average Bonchev–Trinajstić information content (AvgIpc) is 2.51. The van der Waals surface area contributed by atoms with E-state index in [0.717, 1.165) is 12.1 Å². The number of benzene rings is 2. The first kappa shape index (κ1) is 18.0. The molecule has 2 rings (SSSR count). The van der Waals surface area contributed by atoms with E-state index in [-0.39, 0.29) is 12.2 Å². The normalized spacial score (nSPS) is 12.1. The molecule has 2 aromatic carbocycles. The molecule has 0 saturated carbocycles. The summed E-state index contributed by atoms with van der Waals surface area (Å²) >= 11 is 0. The van der Waals surface area contributed by atoms with E-state index in [9.17, 15) is 18.0 Å². The van der Waals surface area contributed by atoms with Crippen LogP contribution in [0.3, 0.4) is 0 Å². The summed E-state index contributed by atoms with van der Waals surface area (Å²) in [5.41, 5.74) is 5.66. The van der Waals surface area contributed by atoms with Crippen molar-refractivity contribution in [2.24, 2.45) is 5.73 Å². The predicted octanol–water partition coefficient (Wildman–Crippen LogP) is 4.27. The second-order valence-corrected chi connectivity index (χ2v) is 6.19. The molecule has 0 amide bonds. The Morgan fingerprint density at radius 1 is 1.04 bits per heavy atom. The molecule has 0 spiro atoms. The van der Waals surface area contributed by atoms with Gasteiger partial charge in [-0.05, 0) is 43.2 Å². The summed E-state index contributed by atoms with van der Waals surface area (Å²) in [5.74, 6) is -0.566. The SMILES string of the molecule is CC(C)(N)CO[14C](=O)c1ccccc1-c1ccc(C(F)(F)F)cc1. The molecule has 6 heteroatoms. The summed E-state index contributed by atoms with van der Waals surface area (Å²) in [6, 6.07) is 11.2. The second-order valence-electron chi connectivity index (χ2n) is 6.19. The summed E-state index contributed by atoms with van der Waals surface area (Å²) in [5, 5.41) is 0. The van der Waals surface area contributed by atoms with Crippen molar-refractivity contribution in [3.63, 3.8) is 0 Å². The monoisotopic (exact) mass is 339 g/mol. The van der Waals surface area contributed by atoms with Gasteiger partial charge < -0.3 is 10.5 Å². The second kappa shape index (κ2) is 6.65. The molecule has 0 radical (unpaired) electrons. The number of ether oxygens (including phenoxy) is 1. The van der Waals surface area contributed by atoms with Gasteiger partial charge >= 0.3 is 12.1 Å². The van der Waals surface area contributed by atoms with Crippen molar-refractivity contribution in [3.8, 4) is 11.1 Å². The van der Waals surface area contributed by atoms with Crippen LogP contribution in [-0.2, 0) is 10.9 Å². The van der Waals surface area contributed by atoms with Crippen LogP contribution < -0.4 is 5.73 Å². The molecular weight excluding hydrogens is 321 g/mol. The van der Waals surface area contributed by atoms with Gasteiger partial charge in [-0.1, -0.05) is 30.3 Å². The first-order valence-electron chi connectivity index (χ1n) is 7.30. The predicted molar refractivity (Wildman–Crippen MR) is 85.4 cm³/mol. The van der Waals surface area contributed by atoms with Crippen LogP contribution >= 0.6 is 0 Å². The smallest absolute Gasteiger partial charge is 0.416 e. The molecular formula is C18H18F3NO2. The third-order valence-corrected chi connectivity index (χ3v) is 3.25. The van der Waals surface area contributed by atoms with Gasteiger partial charge in [-0.25, -0.2) is 4.79 Å². The highest BCUT2D eigenvalue weighted by molar-refractivity contribution is 5.97. The minimum absolute atomic E-state index is 0.0349. The fourth-order valence-corrected chi connectivity index (χ4v) is 2.08. The molecule has 0 aliphatic rings. The van der Waals surface area contributed by atoms with E-state index in [4.69, 9.17) is 10.5 Å². The molecule has 0 unspecified atom stereocenters. The number of carbonyl (C=O) groups excluding carboxylic acids is 1. The lowest BCUT2D eigenvalue weighted by molar-refractivity contribution is -0.137. The summed E-state index contributed by atoms with van der Waals surface area (Å²) < 4.78 is 43.2. The zero-order chi connectivity index (χ0) is 18.0. The van der Waals surface area contributed by atoms with Gasteiger partial charge in [0.15, 0.2) is 0 Å². The van der Waals surface area contributed by atoms with E-state index >= 15 is 0 Å². The fraction of sp³-hybridized carbons (Fsp3) is 0.278. The van der Waals surface area contributed by atoms with Crippen molar-refractivity contribution in [1.82, 2.24) is 0 Å². The van der Waals surface area contributed by atoms with E-state index < -0.39 is 23.2 Å². The Kier molecular flexibility index (Phi) is 4.99. The van der Waals surface area contributed by atoms with E-state index in [1.54, 1.807) is 38.1 Å². The lowest BCUT2D eigenvalue weighted by Gasteiger charge is -2.18. The van der Waals surface area contributed by atoms with Crippen molar-refractivity contribution in [2.45, 2.75) is 25.6 Å². The van der Waals surface area contributed by atoms with Gasteiger partial charge in [0, 0.05) is 5.54 Å². The minimum Gasteiger partial charge on any atom is -0.460 e. The van der Waals surface area contributed by atoms with Gasteiger partial charge in [0.05, 0.1) is 11.1 Å². The Balaban J connectivity index is 2.30. The maximum Gasteiger partial charge on any atom is 0.416 e. The molecule has 24 heavy (non-hydrogen) atoms. The highest BCUT2D eigenvalue weighted by atomic mass is 19.4. The van der Waals surface area contributed by atoms with Crippen LogP contribution in [0, 0.1) is 0 Å². The Morgan fingerprint density at radius 3 is 2.17 bits per heavy atom. The topological polar surface area (TPSA) is 52.3 Å². The van der Waals surface area contributed by atoms with Gasteiger partial charge in [-0.15, -0.1) is 0 Å². The Labute approximate surface area is 138 Å². The molecule has 0 aromatic heterocycles. The highest BCUT2D eigenvalue weighted by Crippen LogP contribution is 2.32. The molecule has 2 N–H and O–H groups in total. The van der Waals surface area contributed by atoms with Crippen molar-refractivity contribution < 1.29 is 22.7 Å². The minimum atomic E-state index is -4.40. The van der Waals surface area contributed by atoms with Crippen LogP contribution in [0.1, 0.15) is 29.8 Å². The van der Waals surface area contributed by atoms with Crippen LogP contribution in [0.15, 0.2) is 48.5 Å². The van der Waals surface area contributed by atoms with E-state index in [1.807, 2.05) is 0 Å². The molecule has 0 aliphatic heterocycles. The molecule has 0 aliphatic carbocycles. The number of halogens is 3. The first-order chi connectivity index (χ1) is 11.1. The highest BCUT2D eigenvalue weighted by Gasteiger charge is 2.30. The van der Waals surface area contributed by atoms with Gasteiger partial charge in [-0.2, -0.15) is 13.2 Å². The van der Waals surface area contributed by atoms with Gasteiger partial charge in [-0.3, -0.25) is 0 Å². The number of rotatable bonds is 4. The Bertz CT molecular complexity index is 716. The number of hydrogen-bond donors (Lipinski definition) is 1. The number of hydrogen-bond acceptors (Lipinski definition) is 3. The molecule has 2 aromatic rings. The summed E-state index contributed by atoms with van der Waals surface area (Å²) in [6.45, 7) is 3.48. The molecule has 0 saturated heterocycles. The number of carbonyl (C=O) groups is 1. The van der Waals surface area contributed by atoms with Crippen LogP contribution in [-0.4, -0.2) is 18.1 Å². The maximum absolute atomic E-state index is 12.7. The van der Waals surface area contributed by atoms with Gasteiger partial charge in [0.1, 0.15) is 6.61 Å². The number of nitrogens with two attached hydrogens (primary N) is 1. The zero-order valence-electron chi connectivity index (χ0n) is 13.4. The zero-order valence-corrected chi connectivity index (χ0v) is 13.4.